The van der Waals surface area contributed by atoms with E-state index in [1.165, 1.54) is 25.7 Å². The van der Waals surface area contributed by atoms with Gasteiger partial charge < -0.3 is 10.0 Å². The van der Waals surface area contributed by atoms with Gasteiger partial charge >= 0.3 is 0 Å². The van der Waals surface area contributed by atoms with Crippen LogP contribution in [-0.2, 0) is 10.4 Å². The first-order valence-corrected chi connectivity index (χ1v) is 8.58. The molecule has 0 unspecified atom stereocenters. The lowest BCUT2D eigenvalue weighted by Crippen LogP contribution is -2.45. The summed E-state index contributed by atoms with van der Waals surface area (Å²) < 4.78 is 0. The van der Waals surface area contributed by atoms with Crippen molar-refractivity contribution in [3.63, 3.8) is 0 Å². The van der Waals surface area contributed by atoms with Gasteiger partial charge in [0, 0.05) is 37.5 Å². The topological polar surface area (TPSA) is 53.4 Å². The molecule has 2 fully saturated rings. The summed E-state index contributed by atoms with van der Waals surface area (Å²) in [4.78, 5) is 18.4. The Morgan fingerprint density at radius 3 is 2.68 bits per heavy atom. The molecule has 1 amide bonds. The molecule has 2 heterocycles. The van der Waals surface area contributed by atoms with Crippen molar-refractivity contribution >= 4 is 5.91 Å². The Labute approximate surface area is 132 Å². The SMILES string of the molecule is O=C(CCC1CCCC1)N1CCC(O)(c2cccnc2)CC1. The number of pyridine rings is 1. The molecule has 4 heteroatoms. The molecular formula is C18H26N2O2. The van der Waals surface area contributed by atoms with E-state index < -0.39 is 5.60 Å². The number of rotatable bonds is 4. The number of aromatic nitrogens is 1. The van der Waals surface area contributed by atoms with Crippen LogP contribution in [0.1, 0.15) is 56.9 Å². The fraction of sp³-hybridized carbons (Fsp3) is 0.667. The van der Waals surface area contributed by atoms with E-state index in [1.54, 1.807) is 12.4 Å². The summed E-state index contributed by atoms with van der Waals surface area (Å²) in [6.07, 6.45) is 11.6. The van der Waals surface area contributed by atoms with Crippen molar-refractivity contribution in [1.82, 2.24) is 9.88 Å². The lowest BCUT2D eigenvalue weighted by atomic mass is 9.85. The van der Waals surface area contributed by atoms with E-state index in [0.717, 1.165) is 17.9 Å². The molecule has 0 radical (unpaired) electrons. The van der Waals surface area contributed by atoms with Crippen LogP contribution in [0.2, 0.25) is 0 Å². The van der Waals surface area contributed by atoms with Crippen molar-refractivity contribution in [3.8, 4) is 0 Å². The number of hydrogen-bond donors (Lipinski definition) is 1. The molecule has 1 saturated heterocycles. The van der Waals surface area contributed by atoms with Crippen LogP contribution < -0.4 is 0 Å². The Kier molecular flexibility index (Phi) is 4.77. The third-order valence-electron chi connectivity index (χ3n) is 5.38. The quantitative estimate of drug-likeness (QED) is 0.930. The molecule has 1 aliphatic carbocycles. The van der Waals surface area contributed by atoms with Crippen LogP contribution in [0.25, 0.3) is 0 Å². The summed E-state index contributed by atoms with van der Waals surface area (Å²) in [5.41, 5.74) is 0.0456. The zero-order valence-corrected chi connectivity index (χ0v) is 13.2. The molecule has 120 valence electrons. The molecule has 0 atom stereocenters. The molecule has 1 aromatic rings. The van der Waals surface area contributed by atoms with Gasteiger partial charge in [0.05, 0.1) is 5.60 Å². The number of piperidine rings is 1. The van der Waals surface area contributed by atoms with Crippen molar-refractivity contribution in [2.75, 3.05) is 13.1 Å². The number of nitrogens with zero attached hydrogens (tertiary/aromatic N) is 2. The normalized spacial score (nSPS) is 22.0. The lowest BCUT2D eigenvalue weighted by molar-refractivity contribution is -0.136. The van der Waals surface area contributed by atoms with Gasteiger partial charge in [0.1, 0.15) is 0 Å². The molecule has 1 saturated carbocycles. The zero-order valence-electron chi connectivity index (χ0n) is 13.2. The van der Waals surface area contributed by atoms with Gasteiger partial charge in [-0.3, -0.25) is 9.78 Å². The van der Waals surface area contributed by atoms with E-state index in [4.69, 9.17) is 0 Å². The minimum absolute atomic E-state index is 0.264. The predicted octanol–water partition coefficient (Wildman–Crippen LogP) is 2.86. The molecule has 4 nitrogen and oxygen atoms in total. The number of amides is 1. The molecule has 0 aromatic carbocycles. The first kappa shape index (κ1) is 15.5. The van der Waals surface area contributed by atoms with Crippen LogP contribution in [0.15, 0.2) is 24.5 Å². The largest absolute Gasteiger partial charge is 0.385 e. The Bertz CT molecular complexity index is 489. The van der Waals surface area contributed by atoms with Gasteiger partial charge in [0.2, 0.25) is 5.91 Å². The third kappa shape index (κ3) is 3.49. The van der Waals surface area contributed by atoms with Gasteiger partial charge in [-0.05, 0) is 31.2 Å². The van der Waals surface area contributed by atoms with E-state index in [9.17, 15) is 9.90 Å². The monoisotopic (exact) mass is 302 g/mol. The molecule has 1 aliphatic heterocycles. The van der Waals surface area contributed by atoms with Crippen LogP contribution in [0.3, 0.4) is 0 Å². The van der Waals surface area contributed by atoms with E-state index in [2.05, 4.69) is 4.98 Å². The summed E-state index contributed by atoms with van der Waals surface area (Å²) in [6.45, 7) is 1.30. The second-order valence-corrected chi connectivity index (χ2v) is 6.84. The molecule has 0 spiro atoms. The lowest BCUT2D eigenvalue weighted by Gasteiger charge is -2.38. The molecule has 22 heavy (non-hydrogen) atoms. The van der Waals surface area contributed by atoms with Crippen molar-refractivity contribution in [2.24, 2.45) is 5.92 Å². The highest BCUT2D eigenvalue weighted by Gasteiger charge is 2.35. The van der Waals surface area contributed by atoms with Gasteiger partial charge in [-0.2, -0.15) is 0 Å². The third-order valence-corrected chi connectivity index (χ3v) is 5.38. The van der Waals surface area contributed by atoms with E-state index in [1.807, 2.05) is 17.0 Å². The van der Waals surface area contributed by atoms with Crippen molar-refractivity contribution in [1.29, 1.82) is 0 Å². The summed E-state index contributed by atoms with van der Waals surface area (Å²) in [6, 6.07) is 3.77. The van der Waals surface area contributed by atoms with Gasteiger partial charge in [-0.25, -0.2) is 0 Å². The Balaban J connectivity index is 1.49. The fourth-order valence-electron chi connectivity index (χ4n) is 3.84. The summed E-state index contributed by atoms with van der Waals surface area (Å²) >= 11 is 0. The van der Waals surface area contributed by atoms with Crippen LogP contribution in [0.5, 0.6) is 0 Å². The Morgan fingerprint density at radius 1 is 1.32 bits per heavy atom. The van der Waals surface area contributed by atoms with Crippen molar-refractivity contribution in [3.05, 3.63) is 30.1 Å². The number of hydrogen-bond acceptors (Lipinski definition) is 3. The van der Waals surface area contributed by atoms with Crippen LogP contribution >= 0.6 is 0 Å². The summed E-state index contributed by atoms with van der Waals surface area (Å²) in [5, 5.41) is 10.8. The predicted molar refractivity (Wildman–Crippen MR) is 85.1 cm³/mol. The first-order valence-electron chi connectivity index (χ1n) is 8.58. The maximum absolute atomic E-state index is 12.3. The maximum atomic E-state index is 12.3. The fourth-order valence-corrected chi connectivity index (χ4v) is 3.84. The highest BCUT2D eigenvalue weighted by Crippen LogP contribution is 2.33. The molecule has 3 rings (SSSR count). The number of carbonyl (C=O) groups excluding carboxylic acids is 1. The minimum atomic E-state index is -0.823. The van der Waals surface area contributed by atoms with E-state index in [0.29, 0.717) is 32.4 Å². The molecule has 1 aromatic heterocycles. The van der Waals surface area contributed by atoms with Gasteiger partial charge in [0.15, 0.2) is 0 Å². The maximum Gasteiger partial charge on any atom is 0.222 e. The molecule has 1 N–H and O–H groups in total. The second-order valence-electron chi connectivity index (χ2n) is 6.84. The average Bonchev–Trinajstić information content (AvgIpc) is 3.08. The van der Waals surface area contributed by atoms with Crippen LogP contribution in [0, 0.1) is 5.92 Å². The van der Waals surface area contributed by atoms with E-state index >= 15 is 0 Å². The smallest absolute Gasteiger partial charge is 0.222 e. The van der Waals surface area contributed by atoms with Crippen LogP contribution in [-0.4, -0.2) is 34.0 Å². The highest BCUT2D eigenvalue weighted by atomic mass is 16.3. The Hall–Kier alpha value is -1.42. The van der Waals surface area contributed by atoms with E-state index in [-0.39, 0.29) is 5.91 Å². The molecule has 2 aliphatic rings. The zero-order chi connectivity index (χ0) is 15.4. The Morgan fingerprint density at radius 2 is 2.05 bits per heavy atom. The second kappa shape index (κ2) is 6.78. The van der Waals surface area contributed by atoms with Crippen molar-refractivity contribution < 1.29 is 9.90 Å². The number of aliphatic hydroxyl groups is 1. The highest BCUT2D eigenvalue weighted by molar-refractivity contribution is 5.76. The number of carbonyl (C=O) groups is 1. The first-order chi connectivity index (χ1) is 10.7. The summed E-state index contributed by atoms with van der Waals surface area (Å²) in [5.74, 6) is 1.03. The minimum Gasteiger partial charge on any atom is -0.385 e. The average molecular weight is 302 g/mol. The van der Waals surface area contributed by atoms with Gasteiger partial charge in [-0.1, -0.05) is 31.7 Å². The van der Waals surface area contributed by atoms with Crippen LogP contribution in [0.4, 0.5) is 0 Å². The molecule has 0 bridgehead atoms. The van der Waals surface area contributed by atoms with Gasteiger partial charge in [-0.15, -0.1) is 0 Å². The standard InChI is InChI=1S/C18H26N2O2/c21-17(8-7-15-4-1-2-5-15)20-12-9-18(22,10-13-20)16-6-3-11-19-14-16/h3,6,11,14-15,22H,1-2,4-5,7-10,12-13H2. The van der Waals surface area contributed by atoms with Gasteiger partial charge in [0.25, 0.3) is 0 Å². The van der Waals surface area contributed by atoms with Crippen molar-refractivity contribution in [2.45, 2.75) is 57.0 Å². The molecular weight excluding hydrogens is 276 g/mol. The summed E-state index contributed by atoms with van der Waals surface area (Å²) in [7, 11) is 0. The number of likely N-dealkylation sites (tertiary alicyclic amines) is 1.